The molecule has 3 aromatic rings. The van der Waals surface area contributed by atoms with E-state index < -0.39 is 0 Å². The van der Waals surface area contributed by atoms with Gasteiger partial charge in [-0.05, 0) is 84.9 Å². The fraction of sp³-hybridized carbons (Fsp3) is 0.154. The van der Waals surface area contributed by atoms with E-state index in [0.717, 1.165) is 16.9 Å². The van der Waals surface area contributed by atoms with Crippen molar-refractivity contribution in [1.29, 1.82) is 0 Å². The summed E-state index contributed by atoms with van der Waals surface area (Å²) < 4.78 is 11.3. The molecule has 0 aromatic heterocycles. The third-order valence-electron chi connectivity index (χ3n) is 5.23. The summed E-state index contributed by atoms with van der Waals surface area (Å²) in [4.78, 5) is 16.4. The summed E-state index contributed by atoms with van der Waals surface area (Å²) in [5, 5.41) is 1.52. The summed E-state index contributed by atoms with van der Waals surface area (Å²) in [7, 11) is 1.77. The first-order valence-electron chi connectivity index (χ1n) is 10.6. The molecule has 8 heteroatoms. The van der Waals surface area contributed by atoms with E-state index in [4.69, 9.17) is 44.9 Å². The second-order valence-corrected chi connectivity index (χ2v) is 8.75. The van der Waals surface area contributed by atoms with Crippen molar-refractivity contribution < 1.29 is 14.3 Å². The Bertz CT molecular complexity index is 1240. The SMILES string of the molecule is CCOc1ccc(N2C(=O)/C(=C/c3ccc(OCc4ccc(Cl)cc4)c(Cl)c3)N(C)C2=S)cc1. The van der Waals surface area contributed by atoms with E-state index in [1.807, 2.05) is 61.5 Å². The van der Waals surface area contributed by atoms with E-state index in [9.17, 15) is 4.79 Å². The number of ether oxygens (including phenoxy) is 2. The quantitative estimate of drug-likeness (QED) is 0.264. The summed E-state index contributed by atoms with van der Waals surface area (Å²) in [5.41, 5.74) is 2.87. The molecule has 1 amide bonds. The topological polar surface area (TPSA) is 42.0 Å². The molecule has 174 valence electrons. The Morgan fingerprint density at radius 1 is 0.971 bits per heavy atom. The molecular weight excluding hydrogens is 491 g/mol. The molecule has 0 unspecified atom stereocenters. The monoisotopic (exact) mass is 512 g/mol. The number of hydrogen-bond acceptors (Lipinski definition) is 4. The average molecular weight is 513 g/mol. The molecule has 0 aliphatic carbocycles. The molecule has 1 aliphatic heterocycles. The van der Waals surface area contributed by atoms with Crippen molar-refractivity contribution >= 4 is 58.2 Å². The standard InChI is InChI=1S/C26H22Cl2N2O3S/c1-3-32-21-11-9-20(10-12-21)30-25(31)23(29(2)26(30)34)15-18-6-13-24(22(28)14-18)33-16-17-4-7-19(27)8-5-17/h4-15H,3,16H2,1-2H3/b23-15-. The number of carbonyl (C=O) groups is 1. The third kappa shape index (κ3) is 5.20. The largest absolute Gasteiger partial charge is 0.494 e. The predicted octanol–water partition coefficient (Wildman–Crippen LogP) is 6.58. The lowest BCUT2D eigenvalue weighted by Gasteiger charge is -2.16. The maximum absolute atomic E-state index is 13.2. The number of halogens is 2. The lowest BCUT2D eigenvalue weighted by Crippen LogP contribution is -2.31. The predicted molar refractivity (Wildman–Crippen MR) is 141 cm³/mol. The molecule has 0 bridgehead atoms. The minimum absolute atomic E-state index is 0.212. The van der Waals surface area contributed by atoms with E-state index in [-0.39, 0.29) is 5.91 Å². The summed E-state index contributed by atoms with van der Waals surface area (Å²) >= 11 is 17.9. The summed E-state index contributed by atoms with van der Waals surface area (Å²) in [6, 6.07) is 20.1. The Morgan fingerprint density at radius 2 is 1.68 bits per heavy atom. The number of benzene rings is 3. The van der Waals surface area contributed by atoms with E-state index in [1.165, 1.54) is 4.90 Å². The highest BCUT2D eigenvalue weighted by Crippen LogP contribution is 2.31. The Labute approximate surface area is 214 Å². The van der Waals surface area contributed by atoms with Gasteiger partial charge >= 0.3 is 0 Å². The first kappa shape index (κ1) is 24.1. The zero-order chi connectivity index (χ0) is 24.2. The van der Waals surface area contributed by atoms with Crippen LogP contribution in [0.15, 0.2) is 72.4 Å². The van der Waals surface area contributed by atoms with Gasteiger partial charge in [-0.25, -0.2) is 0 Å². The highest BCUT2D eigenvalue weighted by molar-refractivity contribution is 7.80. The van der Waals surface area contributed by atoms with Crippen LogP contribution in [0.1, 0.15) is 18.1 Å². The van der Waals surface area contributed by atoms with Gasteiger partial charge in [-0.3, -0.25) is 9.69 Å². The minimum atomic E-state index is -0.212. The van der Waals surface area contributed by atoms with Gasteiger partial charge < -0.3 is 14.4 Å². The normalized spacial score (nSPS) is 14.8. The molecule has 0 saturated carbocycles. The Balaban J connectivity index is 1.51. The van der Waals surface area contributed by atoms with Crippen LogP contribution in [0.5, 0.6) is 11.5 Å². The van der Waals surface area contributed by atoms with Gasteiger partial charge in [-0.2, -0.15) is 0 Å². The molecule has 34 heavy (non-hydrogen) atoms. The summed E-state index contributed by atoms with van der Waals surface area (Å²) in [6.07, 6.45) is 1.76. The van der Waals surface area contributed by atoms with E-state index in [1.54, 1.807) is 30.2 Å². The lowest BCUT2D eigenvalue weighted by molar-refractivity contribution is -0.114. The number of amides is 1. The highest BCUT2D eigenvalue weighted by atomic mass is 35.5. The number of carbonyl (C=O) groups excluding carboxylic acids is 1. The van der Waals surface area contributed by atoms with Gasteiger partial charge in [-0.15, -0.1) is 0 Å². The third-order valence-corrected chi connectivity index (χ3v) is 6.24. The van der Waals surface area contributed by atoms with E-state index in [0.29, 0.717) is 45.5 Å². The summed E-state index contributed by atoms with van der Waals surface area (Å²) in [5.74, 6) is 1.08. The van der Waals surface area contributed by atoms with E-state index in [2.05, 4.69) is 0 Å². The molecule has 1 heterocycles. The van der Waals surface area contributed by atoms with Gasteiger partial charge in [0.1, 0.15) is 23.8 Å². The van der Waals surface area contributed by atoms with Crippen molar-refractivity contribution in [3.8, 4) is 11.5 Å². The van der Waals surface area contributed by atoms with Crippen molar-refractivity contribution in [1.82, 2.24) is 4.90 Å². The number of anilines is 1. The second kappa shape index (κ2) is 10.5. The van der Waals surface area contributed by atoms with Crippen LogP contribution < -0.4 is 14.4 Å². The van der Waals surface area contributed by atoms with Gasteiger partial charge in [0.05, 0.1) is 17.3 Å². The highest BCUT2D eigenvalue weighted by Gasteiger charge is 2.36. The fourth-order valence-electron chi connectivity index (χ4n) is 3.47. The lowest BCUT2D eigenvalue weighted by atomic mass is 10.1. The number of nitrogens with zero attached hydrogens (tertiary/aromatic N) is 2. The van der Waals surface area contributed by atoms with Crippen molar-refractivity contribution in [2.24, 2.45) is 0 Å². The molecule has 1 fully saturated rings. The number of hydrogen-bond donors (Lipinski definition) is 0. The van der Waals surface area contributed by atoms with Crippen LogP contribution in [-0.2, 0) is 11.4 Å². The van der Waals surface area contributed by atoms with Crippen LogP contribution >= 0.6 is 35.4 Å². The maximum Gasteiger partial charge on any atom is 0.281 e. The van der Waals surface area contributed by atoms with E-state index >= 15 is 0 Å². The fourth-order valence-corrected chi connectivity index (χ4v) is 4.12. The molecule has 1 saturated heterocycles. The molecular formula is C26H22Cl2N2O3S. The minimum Gasteiger partial charge on any atom is -0.494 e. The molecule has 0 atom stereocenters. The van der Waals surface area contributed by atoms with Crippen molar-refractivity contribution in [2.45, 2.75) is 13.5 Å². The first-order valence-corrected chi connectivity index (χ1v) is 11.8. The van der Waals surface area contributed by atoms with Crippen LogP contribution in [0.4, 0.5) is 5.69 Å². The Morgan fingerprint density at radius 3 is 2.32 bits per heavy atom. The van der Waals surface area contributed by atoms with Crippen LogP contribution in [0.3, 0.4) is 0 Å². The molecule has 5 nitrogen and oxygen atoms in total. The molecule has 3 aromatic carbocycles. The van der Waals surface area contributed by atoms with Crippen LogP contribution in [0.25, 0.3) is 6.08 Å². The second-order valence-electron chi connectivity index (χ2n) is 7.54. The maximum atomic E-state index is 13.2. The molecule has 0 radical (unpaired) electrons. The first-order chi connectivity index (χ1) is 16.4. The smallest absolute Gasteiger partial charge is 0.281 e. The molecule has 0 spiro atoms. The zero-order valence-electron chi connectivity index (χ0n) is 18.6. The van der Waals surface area contributed by atoms with Crippen LogP contribution in [0, 0.1) is 0 Å². The molecule has 1 aliphatic rings. The molecule has 0 N–H and O–H groups in total. The van der Waals surface area contributed by atoms with Gasteiger partial charge in [0.15, 0.2) is 5.11 Å². The number of thiocarbonyl (C=S) groups is 1. The van der Waals surface area contributed by atoms with Crippen molar-refractivity contribution in [3.63, 3.8) is 0 Å². The Kier molecular flexibility index (Phi) is 7.41. The zero-order valence-corrected chi connectivity index (χ0v) is 21.0. The molecule has 4 rings (SSSR count). The van der Waals surface area contributed by atoms with Crippen LogP contribution in [0.2, 0.25) is 10.0 Å². The number of likely N-dealkylation sites (N-methyl/N-ethyl adjacent to an activating group) is 1. The summed E-state index contributed by atoms with van der Waals surface area (Å²) in [6.45, 7) is 2.86. The van der Waals surface area contributed by atoms with Gasteiger partial charge in [0, 0.05) is 12.1 Å². The number of rotatable bonds is 7. The van der Waals surface area contributed by atoms with Gasteiger partial charge in [0.25, 0.3) is 5.91 Å². The Hall–Kier alpha value is -3.06. The van der Waals surface area contributed by atoms with Crippen LogP contribution in [-0.4, -0.2) is 29.6 Å². The van der Waals surface area contributed by atoms with Crippen molar-refractivity contribution in [3.05, 3.63) is 93.6 Å². The van der Waals surface area contributed by atoms with Gasteiger partial charge in [0.2, 0.25) is 0 Å². The average Bonchev–Trinajstić information content (AvgIpc) is 3.03. The van der Waals surface area contributed by atoms with Crippen molar-refractivity contribution in [2.75, 3.05) is 18.6 Å². The van der Waals surface area contributed by atoms with Gasteiger partial charge in [-0.1, -0.05) is 41.4 Å².